The predicted molar refractivity (Wildman–Crippen MR) is 52.2 cm³/mol. The van der Waals surface area contributed by atoms with Crippen molar-refractivity contribution < 1.29 is 4.52 Å². The normalized spacial score (nSPS) is 11.0. The maximum absolute atomic E-state index is 5.43. The molecule has 13 heavy (non-hydrogen) atoms. The standard InChI is InChI=1S/C9H17N3O/c1-3-4-5-12(2)7-8-6-9(10)11-13-8/h6H,3-5,7H2,1-2H3,(H2,10,11). The van der Waals surface area contributed by atoms with Crippen molar-refractivity contribution in [3.63, 3.8) is 0 Å². The summed E-state index contributed by atoms with van der Waals surface area (Å²) in [6, 6.07) is 1.77. The number of hydrogen-bond donors (Lipinski definition) is 1. The Balaban J connectivity index is 2.31. The minimum atomic E-state index is 0.457. The molecule has 1 aromatic heterocycles. The van der Waals surface area contributed by atoms with Gasteiger partial charge in [-0.05, 0) is 20.0 Å². The molecule has 0 unspecified atom stereocenters. The van der Waals surface area contributed by atoms with Gasteiger partial charge in [-0.2, -0.15) is 0 Å². The summed E-state index contributed by atoms with van der Waals surface area (Å²) < 4.78 is 5.00. The van der Waals surface area contributed by atoms with Gasteiger partial charge in [-0.15, -0.1) is 0 Å². The molecule has 0 aromatic carbocycles. The van der Waals surface area contributed by atoms with Crippen LogP contribution in [0.3, 0.4) is 0 Å². The van der Waals surface area contributed by atoms with Gasteiger partial charge in [0.25, 0.3) is 0 Å². The lowest BCUT2D eigenvalue weighted by atomic mass is 10.3. The van der Waals surface area contributed by atoms with Crippen LogP contribution in [-0.2, 0) is 6.54 Å². The summed E-state index contributed by atoms with van der Waals surface area (Å²) in [5.41, 5.74) is 5.43. The lowest BCUT2D eigenvalue weighted by Crippen LogP contribution is -2.18. The average Bonchev–Trinajstić information content (AvgIpc) is 2.48. The first kappa shape index (κ1) is 10.1. The number of anilines is 1. The fourth-order valence-electron chi connectivity index (χ4n) is 1.18. The largest absolute Gasteiger partial charge is 0.381 e. The van der Waals surface area contributed by atoms with Gasteiger partial charge in [0.2, 0.25) is 0 Å². The Labute approximate surface area is 78.7 Å². The van der Waals surface area contributed by atoms with Gasteiger partial charge in [-0.1, -0.05) is 18.5 Å². The van der Waals surface area contributed by atoms with Crippen LogP contribution in [0.15, 0.2) is 10.6 Å². The predicted octanol–water partition coefficient (Wildman–Crippen LogP) is 1.49. The summed E-state index contributed by atoms with van der Waals surface area (Å²) >= 11 is 0. The molecule has 0 atom stereocenters. The summed E-state index contributed by atoms with van der Waals surface area (Å²) in [7, 11) is 2.06. The van der Waals surface area contributed by atoms with Gasteiger partial charge in [0, 0.05) is 6.07 Å². The molecule has 0 radical (unpaired) electrons. The van der Waals surface area contributed by atoms with E-state index in [1.54, 1.807) is 6.07 Å². The van der Waals surface area contributed by atoms with Gasteiger partial charge in [0.1, 0.15) is 0 Å². The van der Waals surface area contributed by atoms with Crippen LogP contribution in [0.5, 0.6) is 0 Å². The molecule has 4 nitrogen and oxygen atoms in total. The minimum absolute atomic E-state index is 0.457. The summed E-state index contributed by atoms with van der Waals surface area (Å²) in [4.78, 5) is 2.20. The van der Waals surface area contributed by atoms with Gasteiger partial charge in [-0.3, -0.25) is 4.90 Å². The van der Waals surface area contributed by atoms with E-state index in [9.17, 15) is 0 Å². The van der Waals surface area contributed by atoms with Crippen LogP contribution in [0, 0.1) is 0 Å². The lowest BCUT2D eigenvalue weighted by Gasteiger charge is -2.13. The van der Waals surface area contributed by atoms with Crippen LogP contribution in [0.25, 0.3) is 0 Å². The number of aromatic nitrogens is 1. The maximum Gasteiger partial charge on any atom is 0.167 e. The van der Waals surface area contributed by atoms with E-state index in [0.717, 1.165) is 18.8 Å². The second-order valence-corrected chi connectivity index (χ2v) is 3.31. The highest BCUT2D eigenvalue weighted by Gasteiger charge is 2.04. The highest BCUT2D eigenvalue weighted by molar-refractivity contribution is 5.26. The summed E-state index contributed by atoms with van der Waals surface area (Å²) in [5, 5.41) is 3.63. The van der Waals surface area contributed by atoms with E-state index in [0.29, 0.717) is 5.82 Å². The minimum Gasteiger partial charge on any atom is -0.381 e. The summed E-state index contributed by atoms with van der Waals surface area (Å²) in [6.45, 7) is 4.04. The number of nitrogen functional groups attached to an aromatic ring is 1. The smallest absolute Gasteiger partial charge is 0.167 e. The van der Waals surface area contributed by atoms with Crippen molar-refractivity contribution in [2.75, 3.05) is 19.3 Å². The Morgan fingerprint density at radius 1 is 1.62 bits per heavy atom. The van der Waals surface area contributed by atoms with Gasteiger partial charge >= 0.3 is 0 Å². The third kappa shape index (κ3) is 3.46. The average molecular weight is 183 g/mol. The second kappa shape index (κ2) is 4.87. The van der Waals surface area contributed by atoms with Crippen molar-refractivity contribution in [1.82, 2.24) is 10.1 Å². The molecule has 0 spiro atoms. The first-order valence-corrected chi connectivity index (χ1v) is 4.62. The van der Waals surface area contributed by atoms with Crippen LogP contribution in [0.4, 0.5) is 5.82 Å². The Morgan fingerprint density at radius 3 is 2.92 bits per heavy atom. The molecule has 0 saturated heterocycles. The Morgan fingerprint density at radius 2 is 2.38 bits per heavy atom. The monoisotopic (exact) mass is 183 g/mol. The van der Waals surface area contributed by atoms with Crippen LogP contribution in [0.2, 0.25) is 0 Å². The molecule has 1 rings (SSSR count). The van der Waals surface area contributed by atoms with Crippen molar-refractivity contribution in [1.29, 1.82) is 0 Å². The topological polar surface area (TPSA) is 55.3 Å². The molecule has 0 aliphatic heterocycles. The third-order valence-electron chi connectivity index (χ3n) is 1.90. The van der Waals surface area contributed by atoms with E-state index in [1.807, 2.05) is 0 Å². The van der Waals surface area contributed by atoms with Crippen molar-refractivity contribution >= 4 is 5.82 Å². The molecule has 0 fully saturated rings. The molecular formula is C9H17N3O. The Kier molecular flexibility index (Phi) is 3.76. The molecule has 0 saturated carbocycles. The molecule has 1 aromatic rings. The first-order chi connectivity index (χ1) is 6.22. The van der Waals surface area contributed by atoms with E-state index in [-0.39, 0.29) is 0 Å². The van der Waals surface area contributed by atoms with Crippen LogP contribution in [-0.4, -0.2) is 23.6 Å². The van der Waals surface area contributed by atoms with Crippen molar-refractivity contribution in [2.24, 2.45) is 0 Å². The number of unbranched alkanes of at least 4 members (excludes halogenated alkanes) is 1. The molecule has 0 bridgehead atoms. The Hall–Kier alpha value is -1.03. The number of nitrogens with two attached hydrogens (primary N) is 1. The molecule has 0 amide bonds. The maximum atomic E-state index is 5.43. The molecule has 74 valence electrons. The SMILES string of the molecule is CCCCN(C)Cc1cc(N)no1. The fourth-order valence-corrected chi connectivity index (χ4v) is 1.18. The van der Waals surface area contributed by atoms with Gasteiger partial charge in [0.15, 0.2) is 11.6 Å². The zero-order valence-electron chi connectivity index (χ0n) is 8.29. The van der Waals surface area contributed by atoms with Crippen LogP contribution < -0.4 is 5.73 Å². The fraction of sp³-hybridized carbons (Fsp3) is 0.667. The van der Waals surface area contributed by atoms with E-state index in [1.165, 1.54) is 12.8 Å². The van der Waals surface area contributed by atoms with Crippen LogP contribution >= 0.6 is 0 Å². The van der Waals surface area contributed by atoms with Crippen molar-refractivity contribution in [3.05, 3.63) is 11.8 Å². The first-order valence-electron chi connectivity index (χ1n) is 4.62. The number of rotatable bonds is 5. The molecule has 4 heteroatoms. The quantitative estimate of drug-likeness (QED) is 0.751. The highest BCUT2D eigenvalue weighted by atomic mass is 16.5. The molecular weight excluding hydrogens is 166 g/mol. The lowest BCUT2D eigenvalue weighted by molar-refractivity contribution is 0.270. The Bertz CT molecular complexity index is 247. The molecule has 1 heterocycles. The molecule has 0 aliphatic carbocycles. The summed E-state index contributed by atoms with van der Waals surface area (Å²) in [6.07, 6.45) is 2.42. The van der Waals surface area contributed by atoms with Gasteiger partial charge in [-0.25, -0.2) is 0 Å². The second-order valence-electron chi connectivity index (χ2n) is 3.31. The number of hydrogen-bond acceptors (Lipinski definition) is 4. The molecule has 2 N–H and O–H groups in total. The van der Waals surface area contributed by atoms with Crippen molar-refractivity contribution in [2.45, 2.75) is 26.3 Å². The van der Waals surface area contributed by atoms with Gasteiger partial charge < -0.3 is 10.3 Å². The zero-order chi connectivity index (χ0) is 9.68. The number of nitrogens with zero attached hydrogens (tertiary/aromatic N) is 2. The van der Waals surface area contributed by atoms with Crippen LogP contribution in [0.1, 0.15) is 25.5 Å². The highest BCUT2D eigenvalue weighted by Crippen LogP contribution is 2.07. The van der Waals surface area contributed by atoms with Crippen molar-refractivity contribution in [3.8, 4) is 0 Å². The summed E-state index contributed by atoms with van der Waals surface area (Å²) in [5.74, 6) is 1.29. The van der Waals surface area contributed by atoms with Gasteiger partial charge in [0.05, 0.1) is 6.54 Å². The van der Waals surface area contributed by atoms with E-state index >= 15 is 0 Å². The zero-order valence-corrected chi connectivity index (χ0v) is 8.29. The molecule has 0 aliphatic rings. The van der Waals surface area contributed by atoms with E-state index in [2.05, 4.69) is 24.0 Å². The van der Waals surface area contributed by atoms with E-state index < -0.39 is 0 Å². The van der Waals surface area contributed by atoms with E-state index in [4.69, 9.17) is 10.3 Å². The third-order valence-corrected chi connectivity index (χ3v) is 1.90.